The number of carbonyl (C=O) groups is 9. The predicted octanol–water partition coefficient (Wildman–Crippen LogP) is -3.04. The lowest BCUT2D eigenvalue weighted by molar-refractivity contribution is -0.147. The van der Waals surface area contributed by atoms with Crippen molar-refractivity contribution < 1.29 is 73.8 Å². The van der Waals surface area contributed by atoms with Crippen LogP contribution in [0.4, 0.5) is 0 Å². The largest absolute Gasteiger partial charge is 0.508 e. The van der Waals surface area contributed by atoms with Gasteiger partial charge in [-0.1, -0.05) is 12.1 Å². The molecule has 20 nitrogen and oxygen atoms in total. The van der Waals surface area contributed by atoms with Gasteiger partial charge in [0.25, 0.3) is 0 Å². The van der Waals surface area contributed by atoms with Gasteiger partial charge in [0.05, 0.1) is 18.9 Å². The minimum atomic E-state index is -1.96. The van der Waals surface area contributed by atoms with Crippen LogP contribution in [0.2, 0.25) is 0 Å². The van der Waals surface area contributed by atoms with Crippen molar-refractivity contribution in [3.8, 4) is 5.75 Å². The summed E-state index contributed by atoms with van der Waals surface area (Å²) in [6.07, 6.45) is -4.78. The first-order valence-electron chi connectivity index (χ1n) is 13.7. The number of phenols is 1. The number of carboxylic acid groups (broad SMARTS) is 5. The zero-order chi connectivity index (χ0) is 35.8. The second-order valence-electron chi connectivity index (χ2n) is 10.1. The van der Waals surface area contributed by atoms with Gasteiger partial charge in [-0.3, -0.25) is 38.4 Å². The van der Waals surface area contributed by atoms with Crippen molar-refractivity contribution in [3.63, 3.8) is 0 Å². The van der Waals surface area contributed by atoms with E-state index in [2.05, 4.69) is 16.0 Å². The van der Waals surface area contributed by atoms with Gasteiger partial charge in [0.15, 0.2) is 0 Å². The summed E-state index contributed by atoms with van der Waals surface area (Å²) in [6, 6.07) is -3.46. The Morgan fingerprint density at radius 1 is 0.553 bits per heavy atom. The quantitative estimate of drug-likeness (QED) is 0.0619. The number of aromatic hydroxyl groups is 1. The van der Waals surface area contributed by atoms with E-state index in [1.807, 2.05) is 5.32 Å². The molecule has 0 spiro atoms. The molecule has 0 unspecified atom stereocenters. The van der Waals surface area contributed by atoms with E-state index in [1.54, 1.807) is 0 Å². The van der Waals surface area contributed by atoms with E-state index in [1.165, 1.54) is 24.3 Å². The van der Waals surface area contributed by atoms with Gasteiger partial charge in [-0.2, -0.15) is 0 Å². The van der Waals surface area contributed by atoms with E-state index >= 15 is 0 Å². The maximum atomic E-state index is 13.5. The normalized spacial score (nSPS) is 13.8. The van der Waals surface area contributed by atoms with Crippen LogP contribution in [-0.2, 0) is 49.6 Å². The van der Waals surface area contributed by atoms with Crippen LogP contribution in [0, 0.1) is 0 Å². The Morgan fingerprint density at radius 3 is 1.38 bits per heavy atom. The highest BCUT2D eigenvalue weighted by Gasteiger charge is 2.33. The second-order valence-corrected chi connectivity index (χ2v) is 10.1. The first-order chi connectivity index (χ1) is 21.9. The van der Waals surface area contributed by atoms with Crippen molar-refractivity contribution in [2.24, 2.45) is 5.73 Å². The fourth-order valence-electron chi connectivity index (χ4n) is 3.90. The van der Waals surface area contributed by atoms with Crippen LogP contribution < -0.4 is 27.0 Å². The predicted molar refractivity (Wildman–Crippen MR) is 153 cm³/mol. The van der Waals surface area contributed by atoms with Crippen LogP contribution in [0.25, 0.3) is 0 Å². The molecule has 12 N–H and O–H groups in total. The lowest BCUT2D eigenvalue weighted by atomic mass is 10.0. The first-order valence-corrected chi connectivity index (χ1v) is 13.7. The number of benzene rings is 1. The SMILES string of the molecule is N[C@@H](CC(=O)O)C(=O)N[C@@H](CCC(=O)O)C(=O)N[C@@H](Cc1ccc(O)cc1)C(=O)N[C@@H](CCC(=O)O)C(=O)N[C@@H](CC(=O)O)C(=O)O. The fourth-order valence-corrected chi connectivity index (χ4v) is 3.90. The third-order valence-electron chi connectivity index (χ3n) is 6.29. The van der Waals surface area contributed by atoms with E-state index in [9.17, 15) is 53.4 Å². The van der Waals surface area contributed by atoms with Crippen LogP contribution in [0.3, 0.4) is 0 Å². The maximum absolute atomic E-state index is 13.5. The van der Waals surface area contributed by atoms with Crippen molar-refractivity contribution in [2.75, 3.05) is 0 Å². The van der Waals surface area contributed by atoms with Crippen LogP contribution in [0.5, 0.6) is 5.75 Å². The minimum absolute atomic E-state index is 0.160. The summed E-state index contributed by atoms with van der Waals surface area (Å²) in [5, 5.41) is 63.4. The Labute approximate surface area is 265 Å². The summed E-state index contributed by atoms with van der Waals surface area (Å²) >= 11 is 0. The molecule has 20 heteroatoms. The zero-order valence-electron chi connectivity index (χ0n) is 24.6. The number of nitrogens with two attached hydrogens (primary N) is 1. The molecule has 0 fully saturated rings. The third kappa shape index (κ3) is 15.2. The summed E-state index contributed by atoms with van der Waals surface area (Å²) in [4.78, 5) is 108. The number of rotatable bonds is 21. The van der Waals surface area contributed by atoms with Gasteiger partial charge in [0.1, 0.15) is 29.9 Å². The molecular formula is C27H35N5O15. The van der Waals surface area contributed by atoms with Crippen LogP contribution in [0.15, 0.2) is 24.3 Å². The molecule has 0 aliphatic rings. The van der Waals surface area contributed by atoms with Crippen LogP contribution >= 0.6 is 0 Å². The van der Waals surface area contributed by atoms with E-state index in [0.717, 1.165) is 0 Å². The van der Waals surface area contributed by atoms with Crippen LogP contribution in [-0.4, -0.2) is 114 Å². The first kappa shape index (κ1) is 39.2. The molecular weight excluding hydrogens is 634 g/mol. The standard InChI is InChI=1S/C27H35N5O15/c28-14(10-21(38)39)23(42)29-15(5-7-19(34)35)24(43)31-17(9-12-1-3-13(33)4-2-12)26(45)30-16(6-8-20(36)37)25(44)32-18(27(46)47)11-22(40)41/h1-4,14-18,33H,5-11,28H2,(H,29,42)(H,30,45)(H,31,43)(H,32,44)(H,34,35)(H,36,37)(H,38,39)(H,40,41)(H,46,47)/t14-,15-,16-,17-,18-/m0/s1. The number of hydrogen-bond acceptors (Lipinski definition) is 11. The Balaban J connectivity index is 3.38. The Hall–Kier alpha value is -5.79. The second kappa shape index (κ2) is 18.9. The highest BCUT2D eigenvalue weighted by atomic mass is 16.4. The monoisotopic (exact) mass is 669 g/mol. The van der Waals surface area contributed by atoms with Gasteiger partial charge in [-0.05, 0) is 30.5 Å². The molecule has 0 saturated heterocycles. The van der Waals surface area contributed by atoms with E-state index in [4.69, 9.17) is 26.2 Å². The minimum Gasteiger partial charge on any atom is -0.508 e. The third-order valence-corrected chi connectivity index (χ3v) is 6.29. The average Bonchev–Trinajstić information content (AvgIpc) is 2.96. The summed E-state index contributed by atoms with van der Waals surface area (Å²) in [5.41, 5.74) is 5.84. The number of nitrogens with one attached hydrogen (secondary N) is 4. The van der Waals surface area contributed by atoms with Crippen LogP contribution in [0.1, 0.15) is 44.1 Å². The molecule has 1 aromatic carbocycles. The van der Waals surface area contributed by atoms with Crippen molar-refractivity contribution in [3.05, 3.63) is 29.8 Å². The number of carbonyl (C=O) groups excluding carboxylic acids is 4. The molecule has 47 heavy (non-hydrogen) atoms. The molecule has 1 aromatic rings. The molecule has 0 radical (unpaired) electrons. The average molecular weight is 670 g/mol. The topological polar surface area (TPSA) is 349 Å². The molecule has 258 valence electrons. The number of carboxylic acids is 5. The van der Waals surface area contributed by atoms with E-state index < -0.39 is 122 Å². The van der Waals surface area contributed by atoms with Gasteiger partial charge in [0.2, 0.25) is 23.6 Å². The molecule has 0 bridgehead atoms. The van der Waals surface area contributed by atoms with Gasteiger partial charge in [-0.25, -0.2) is 4.79 Å². The van der Waals surface area contributed by atoms with Gasteiger partial charge in [-0.15, -0.1) is 0 Å². The Morgan fingerprint density at radius 2 is 0.957 bits per heavy atom. The highest BCUT2D eigenvalue weighted by molar-refractivity contribution is 5.96. The van der Waals surface area contributed by atoms with Gasteiger partial charge in [0, 0.05) is 19.3 Å². The molecule has 0 saturated carbocycles. The highest BCUT2D eigenvalue weighted by Crippen LogP contribution is 2.13. The molecule has 1 rings (SSSR count). The van der Waals surface area contributed by atoms with E-state index in [-0.39, 0.29) is 12.2 Å². The molecule has 4 amide bonds. The zero-order valence-corrected chi connectivity index (χ0v) is 24.6. The Kier molecular flexibility index (Phi) is 15.8. The summed E-state index contributed by atoms with van der Waals surface area (Å²) < 4.78 is 0. The lowest BCUT2D eigenvalue weighted by Crippen LogP contribution is -2.59. The van der Waals surface area contributed by atoms with Gasteiger partial charge < -0.3 is 57.6 Å². The smallest absolute Gasteiger partial charge is 0.326 e. The van der Waals surface area contributed by atoms with Crippen molar-refractivity contribution in [1.82, 2.24) is 21.3 Å². The molecule has 0 aliphatic heterocycles. The molecule has 5 atom stereocenters. The summed E-state index contributed by atoms with van der Waals surface area (Å²) in [7, 11) is 0. The lowest BCUT2D eigenvalue weighted by Gasteiger charge is -2.26. The molecule has 0 heterocycles. The maximum Gasteiger partial charge on any atom is 0.326 e. The van der Waals surface area contributed by atoms with Gasteiger partial charge >= 0.3 is 29.8 Å². The van der Waals surface area contributed by atoms with E-state index in [0.29, 0.717) is 5.56 Å². The van der Waals surface area contributed by atoms with Crippen molar-refractivity contribution in [2.45, 2.75) is 75.2 Å². The number of amides is 4. The summed E-state index contributed by atoms with van der Waals surface area (Å²) in [6.45, 7) is 0. The molecule has 0 aliphatic carbocycles. The van der Waals surface area contributed by atoms with Crippen molar-refractivity contribution >= 4 is 53.5 Å². The fraction of sp³-hybridized carbons (Fsp3) is 0.444. The molecule has 0 aromatic heterocycles. The van der Waals surface area contributed by atoms with Crippen molar-refractivity contribution in [1.29, 1.82) is 0 Å². The number of phenolic OH excluding ortho intramolecular Hbond substituents is 1. The summed E-state index contributed by atoms with van der Waals surface area (Å²) in [5.74, 6) is -12.4. The number of hydrogen-bond donors (Lipinski definition) is 11. The Bertz CT molecular complexity index is 1350. The number of aliphatic carboxylic acids is 5.